The largest absolute Gasteiger partial charge is 0.381 e. The van der Waals surface area contributed by atoms with E-state index in [0.717, 1.165) is 30.8 Å². The Morgan fingerprint density at radius 2 is 2.33 bits per heavy atom. The van der Waals surface area contributed by atoms with Gasteiger partial charge in [0.05, 0.1) is 6.04 Å². The van der Waals surface area contributed by atoms with Gasteiger partial charge in [0.15, 0.2) is 0 Å². The third-order valence-electron chi connectivity index (χ3n) is 3.37. The van der Waals surface area contributed by atoms with E-state index in [4.69, 9.17) is 4.74 Å². The molecule has 100 valence electrons. The lowest BCUT2D eigenvalue weighted by molar-refractivity contribution is -0.128. The molecule has 1 aliphatic heterocycles. The number of nitrogens with one attached hydrogen (secondary N) is 2. The first-order valence-corrected chi connectivity index (χ1v) is 6.60. The quantitative estimate of drug-likeness (QED) is 0.856. The molecule has 2 heterocycles. The van der Waals surface area contributed by atoms with Crippen LogP contribution in [0.15, 0.2) is 6.20 Å². The first-order valence-electron chi connectivity index (χ1n) is 6.60. The van der Waals surface area contributed by atoms with E-state index in [0.29, 0.717) is 13.2 Å². The normalized spacial score (nSPS) is 18.6. The van der Waals surface area contributed by atoms with Gasteiger partial charge in [0.1, 0.15) is 5.82 Å². The Kier molecular flexibility index (Phi) is 4.36. The molecule has 2 rings (SSSR count). The van der Waals surface area contributed by atoms with Crippen LogP contribution in [-0.4, -0.2) is 29.1 Å². The first kappa shape index (κ1) is 13.1. The number of aromatic nitrogens is 2. The summed E-state index contributed by atoms with van der Waals surface area (Å²) in [5.41, 5.74) is 1.02. The minimum absolute atomic E-state index is 0.0194. The van der Waals surface area contributed by atoms with Crippen LogP contribution in [-0.2, 0) is 9.53 Å². The average Bonchev–Trinajstić information content (AvgIpc) is 2.83. The summed E-state index contributed by atoms with van der Waals surface area (Å²) in [5, 5.41) is 3.08. The summed E-state index contributed by atoms with van der Waals surface area (Å²) < 4.78 is 5.27. The van der Waals surface area contributed by atoms with Gasteiger partial charge in [-0.2, -0.15) is 0 Å². The second-order valence-electron chi connectivity index (χ2n) is 4.81. The summed E-state index contributed by atoms with van der Waals surface area (Å²) in [6.45, 7) is 5.39. The molecule has 0 aliphatic carbocycles. The molecule has 18 heavy (non-hydrogen) atoms. The Morgan fingerprint density at radius 1 is 1.61 bits per heavy atom. The second-order valence-corrected chi connectivity index (χ2v) is 4.81. The smallest absolute Gasteiger partial charge is 0.223 e. The minimum atomic E-state index is -0.0194. The lowest BCUT2D eigenvalue weighted by atomic mass is 9.99. The van der Waals surface area contributed by atoms with Gasteiger partial charge in [0.25, 0.3) is 0 Å². The molecule has 1 aromatic heterocycles. The molecule has 1 amide bonds. The van der Waals surface area contributed by atoms with Crippen LogP contribution in [0.1, 0.15) is 43.7 Å². The van der Waals surface area contributed by atoms with Crippen molar-refractivity contribution in [2.45, 2.75) is 39.2 Å². The Morgan fingerprint density at radius 3 is 2.89 bits per heavy atom. The minimum Gasteiger partial charge on any atom is -0.381 e. The lowest BCUT2D eigenvalue weighted by Gasteiger charge is -2.23. The zero-order valence-electron chi connectivity index (χ0n) is 11.0. The third-order valence-corrected chi connectivity index (χ3v) is 3.37. The average molecular weight is 251 g/mol. The van der Waals surface area contributed by atoms with Crippen molar-refractivity contribution in [3.63, 3.8) is 0 Å². The maximum absolute atomic E-state index is 12.1. The molecule has 1 fully saturated rings. The van der Waals surface area contributed by atoms with Crippen LogP contribution in [0.2, 0.25) is 0 Å². The lowest BCUT2D eigenvalue weighted by Crippen LogP contribution is -2.36. The highest BCUT2D eigenvalue weighted by molar-refractivity contribution is 5.79. The Bertz CT molecular complexity index is 397. The molecule has 1 aromatic rings. The highest BCUT2D eigenvalue weighted by Crippen LogP contribution is 2.18. The van der Waals surface area contributed by atoms with Crippen molar-refractivity contribution in [1.82, 2.24) is 15.3 Å². The van der Waals surface area contributed by atoms with Crippen LogP contribution in [0.5, 0.6) is 0 Å². The number of amides is 1. The number of imidazole rings is 1. The van der Waals surface area contributed by atoms with Gasteiger partial charge in [0.2, 0.25) is 5.91 Å². The third kappa shape index (κ3) is 3.10. The molecule has 5 heteroatoms. The number of aryl methyl sites for hydroxylation is 1. The van der Waals surface area contributed by atoms with Crippen LogP contribution in [0.3, 0.4) is 0 Å². The zero-order chi connectivity index (χ0) is 13.0. The number of carbonyl (C=O) groups is 1. The van der Waals surface area contributed by atoms with Gasteiger partial charge in [0, 0.05) is 31.0 Å². The van der Waals surface area contributed by atoms with Crippen LogP contribution in [0, 0.1) is 12.8 Å². The zero-order valence-corrected chi connectivity index (χ0v) is 11.0. The van der Waals surface area contributed by atoms with Gasteiger partial charge in [-0.05, 0) is 26.2 Å². The number of ether oxygens (including phenoxy) is 1. The van der Waals surface area contributed by atoms with Gasteiger partial charge < -0.3 is 15.0 Å². The number of rotatable bonds is 4. The number of nitrogens with zero attached hydrogens (tertiary/aromatic N) is 1. The van der Waals surface area contributed by atoms with Crippen LogP contribution in [0.4, 0.5) is 0 Å². The molecule has 0 spiro atoms. The molecule has 0 aromatic carbocycles. The van der Waals surface area contributed by atoms with Gasteiger partial charge in [-0.25, -0.2) is 4.98 Å². The molecule has 1 aliphatic rings. The van der Waals surface area contributed by atoms with Crippen LogP contribution < -0.4 is 5.32 Å². The number of H-pyrrole nitrogens is 1. The van der Waals surface area contributed by atoms with Crippen molar-refractivity contribution >= 4 is 5.91 Å². The molecule has 5 nitrogen and oxygen atoms in total. The number of carbonyl (C=O) groups excluding carboxylic acids is 1. The Balaban J connectivity index is 1.95. The van der Waals surface area contributed by atoms with E-state index in [2.05, 4.69) is 15.3 Å². The maximum Gasteiger partial charge on any atom is 0.223 e. The van der Waals surface area contributed by atoms with Crippen molar-refractivity contribution in [3.8, 4) is 0 Å². The molecule has 0 unspecified atom stereocenters. The van der Waals surface area contributed by atoms with Crippen molar-refractivity contribution in [2.24, 2.45) is 5.92 Å². The second kappa shape index (κ2) is 6.00. The predicted molar refractivity (Wildman–Crippen MR) is 68.0 cm³/mol. The van der Waals surface area contributed by atoms with Crippen LogP contribution >= 0.6 is 0 Å². The van der Waals surface area contributed by atoms with Gasteiger partial charge in [-0.15, -0.1) is 0 Å². The fourth-order valence-corrected chi connectivity index (χ4v) is 2.22. The highest BCUT2D eigenvalue weighted by Gasteiger charge is 2.24. The highest BCUT2D eigenvalue weighted by atomic mass is 16.5. The SMILES string of the molecule is CC[C@@H](NC(=O)C1CCOCC1)c1ncc(C)[nH]1. The molecule has 1 atom stereocenters. The van der Waals surface area contributed by atoms with Gasteiger partial charge in [-0.1, -0.05) is 6.92 Å². The summed E-state index contributed by atoms with van der Waals surface area (Å²) >= 11 is 0. The Hall–Kier alpha value is -1.36. The molecular formula is C13H21N3O2. The van der Waals surface area contributed by atoms with Crippen LogP contribution in [0.25, 0.3) is 0 Å². The molecule has 0 radical (unpaired) electrons. The predicted octanol–water partition coefficient (Wildman–Crippen LogP) is 1.71. The van der Waals surface area contributed by atoms with E-state index in [1.165, 1.54) is 0 Å². The summed E-state index contributed by atoms with van der Waals surface area (Å²) in [6, 6.07) is -0.0194. The number of hydrogen-bond donors (Lipinski definition) is 2. The van der Waals surface area contributed by atoms with E-state index in [-0.39, 0.29) is 17.9 Å². The fourth-order valence-electron chi connectivity index (χ4n) is 2.22. The van der Waals surface area contributed by atoms with Gasteiger partial charge >= 0.3 is 0 Å². The van der Waals surface area contributed by atoms with E-state index < -0.39 is 0 Å². The monoisotopic (exact) mass is 251 g/mol. The summed E-state index contributed by atoms with van der Waals surface area (Å²) in [7, 11) is 0. The summed E-state index contributed by atoms with van der Waals surface area (Å²) in [6.07, 6.45) is 4.26. The molecule has 2 N–H and O–H groups in total. The number of hydrogen-bond acceptors (Lipinski definition) is 3. The maximum atomic E-state index is 12.1. The van der Waals surface area contributed by atoms with Crippen molar-refractivity contribution in [3.05, 3.63) is 17.7 Å². The molecule has 0 saturated carbocycles. The van der Waals surface area contributed by atoms with E-state index in [1.807, 2.05) is 13.8 Å². The summed E-state index contributed by atoms with van der Waals surface area (Å²) in [5.74, 6) is 1.05. The topological polar surface area (TPSA) is 67.0 Å². The molecular weight excluding hydrogens is 230 g/mol. The molecule has 1 saturated heterocycles. The number of aromatic amines is 1. The van der Waals surface area contributed by atoms with Crippen molar-refractivity contribution in [1.29, 1.82) is 0 Å². The van der Waals surface area contributed by atoms with E-state index in [1.54, 1.807) is 6.20 Å². The first-order chi connectivity index (χ1) is 8.70. The summed E-state index contributed by atoms with van der Waals surface area (Å²) in [4.78, 5) is 19.6. The molecule has 0 bridgehead atoms. The fraction of sp³-hybridized carbons (Fsp3) is 0.692. The van der Waals surface area contributed by atoms with Gasteiger partial charge in [-0.3, -0.25) is 4.79 Å². The van der Waals surface area contributed by atoms with Crippen molar-refractivity contribution in [2.75, 3.05) is 13.2 Å². The van der Waals surface area contributed by atoms with Crippen molar-refractivity contribution < 1.29 is 9.53 Å². The van der Waals surface area contributed by atoms with E-state index >= 15 is 0 Å². The Labute approximate surface area is 107 Å². The van der Waals surface area contributed by atoms with E-state index in [9.17, 15) is 4.79 Å². The standard InChI is InChI=1S/C13H21N3O2/c1-3-11(12-14-8-9(2)15-12)16-13(17)10-4-6-18-7-5-10/h8,10-11H,3-7H2,1-2H3,(H,14,15)(H,16,17)/t11-/m1/s1.